The molecule has 25 heavy (non-hydrogen) atoms. The average Bonchev–Trinajstić information content (AvgIpc) is 2.66. The molecule has 0 N–H and O–H groups in total. The molecular formula is C23H30N2. The van der Waals surface area contributed by atoms with Gasteiger partial charge in [-0.05, 0) is 80.3 Å². The maximum atomic E-state index is 2.51. The Bertz CT molecular complexity index is 686. The van der Waals surface area contributed by atoms with Gasteiger partial charge in [0.15, 0.2) is 0 Å². The van der Waals surface area contributed by atoms with Gasteiger partial charge in [0.25, 0.3) is 0 Å². The predicted octanol–water partition coefficient (Wildman–Crippen LogP) is 4.82. The van der Waals surface area contributed by atoms with E-state index in [1.165, 1.54) is 61.3 Å². The third-order valence-electron chi connectivity index (χ3n) is 5.89. The molecule has 4 rings (SSSR count). The van der Waals surface area contributed by atoms with E-state index in [0.29, 0.717) is 0 Å². The van der Waals surface area contributed by atoms with Crippen molar-refractivity contribution in [2.24, 2.45) is 0 Å². The highest BCUT2D eigenvalue weighted by Crippen LogP contribution is 2.31. The molecule has 2 heteroatoms. The monoisotopic (exact) mass is 334 g/mol. The summed E-state index contributed by atoms with van der Waals surface area (Å²) in [6, 6.07) is 14.3. The maximum Gasteiger partial charge on any atom is 0.0398 e. The van der Waals surface area contributed by atoms with E-state index in [-0.39, 0.29) is 0 Å². The highest BCUT2D eigenvalue weighted by Gasteiger charge is 2.17. The molecule has 0 radical (unpaired) electrons. The summed E-state index contributed by atoms with van der Waals surface area (Å²) in [5, 5.41) is 0. The standard InChI is InChI=1S/C23H30N2/c1-3-24-13-5-7-20-16-18(9-11-22(20)24)15-19-10-12-23-21(17-19)8-6-14-25(23)4-2/h9-12,16-17H,3-8,13-15H2,1-2H3. The van der Waals surface area contributed by atoms with E-state index in [1.807, 2.05) is 0 Å². The van der Waals surface area contributed by atoms with Crippen molar-refractivity contribution in [2.75, 3.05) is 36.0 Å². The van der Waals surface area contributed by atoms with E-state index in [4.69, 9.17) is 0 Å². The van der Waals surface area contributed by atoms with Crippen molar-refractivity contribution in [1.29, 1.82) is 0 Å². The first-order chi connectivity index (χ1) is 12.3. The molecule has 2 aliphatic rings. The summed E-state index contributed by atoms with van der Waals surface area (Å²) in [5.41, 5.74) is 8.92. The third-order valence-corrected chi connectivity index (χ3v) is 5.89. The molecule has 132 valence electrons. The molecule has 0 fully saturated rings. The maximum absolute atomic E-state index is 2.51. The lowest BCUT2D eigenvalue weighted by Crippen LogP contribution is -2.29. The van der Waals surface area contributed by atoms with Crippen molar-refractivity contribution in [1.82, 2.24) is 0 Å². The second kappa shape index (κ2) is 7.11. The summed E-state index contributed by atoms with van der Waals surface area (Å²) in [4.78, 5) is 5.03. The highest BCUT2D eigenvalue weighted by molar-refractivity contribution is 5.59. The van der Waals surface area contributed by atoms with Crippen molar-refractivity contribution < 1.29 is 0 Å². The van der Waals surface area contributed by atoms with Crippen LogP contribution in [0.2, 0.25) is 0 Å². The van der Waals surface area contributed by atoms with Gasteiger partial charge < -0.3 is 9.80 Å². The second-order valence-corrected chi connectivity index (χ2v) is 7.47. The van der Waals surface area contributed by atoms with Crippen LogP contribution in [0.1, 0.15) is 48.9 Å². The Labute approximate surface area is 152 Å². The van der Waals surface area contributed by atoms with Crippen LogP contribution in [0.15, 0.2) is 36.4 Å². The summed E-state index contributed by atoms with van der Waals surface area (Å²) < 4.78 is 0. The normalized spacial score (nSPS) is 16.6. The molecule has 0 aliphatic carbocycles. The minimum atomic E-state index is 1.05. The van der Waals surface area contributed by atoms with Crippen LogP contribution < -0.4 is 9.80 Å². The smallest absolute Gasteiger partial charge is 0.0398 e. The van der Waals surface area contributed by atoms with Gasteiger partial charge in [0.05, 0.1) is 0 Å². The summed E-state index contributed by atoms with van der Waals surface area (Å²) in [7, 11) is 0. The van der Waals surface area contributed by atoms with Crippen LogP contribution >= 0.6 is 0 Å². The number of anilines is 2. The molecule has 0 saturated carbocycles. The fourth-order valence-electron chi connectivity index (χ4n) is 4.57. The third kappa shape index (κ3) is 3.27. The van der Waals surface area contributed by atoms with E-state index in [0.717, 1.165) is 19.5 Å². The molecule has 0 aromatic heterocycles. The zero-order chi connectivity index (χ0) is 17.2. The van der Waals surface area contributed by atoms with Crippen LogP contribution in [0.3, 0.4) is 0 Å². The van der Waals surface area contributed by atoms with Gasteiger partial charge in [-0.3, -0.25) is 0 Å². The van der Waals surface area contributed by atoms with Gasteiger partial charge in [-0.2, -0.15) is 0 Å². The lowest BCUT2D eigenvalue weighted by Gasteiger charge is -2.31. The van der Waals surface area contributed by atoms with E-state index < -0.39 is 0 Å². The Hall–Kier alpha value is -1.96. The molecule has 2 aromatic carbocycles. The van der Waals surface area contributed by atoms with E-state index in [1.54, 1.807) is 11.1 Å². The lowest BCUT2D eigenvalue weighted by molar-refractivity contribution is 0.706. The van der Waals surface area contributed by atoms with Gasteiger partial charge in [-0.25, -0.2) is 0 Å². The molecule has 0 atom stereocenters. The summed E-state index contributed by atoms with van der Waals surface area (Å²) >= 11 is 0. The second-order valence-electron chi connectivity index (χ2n) is 7.47. The minimum Gasteiger partial charge on any atom is -0.372 e. The number of aryl methyl sites for hydroxylation is 2. The first-order valence-corrected chi connectivity index (χ1v) is 10.0. The molecular weight excluding hydrogens is 304 g/mol. The van der Waals surface area contributed by atoms with Gasteiger partial charge in [0.2, 0.25) is 0 Å². The van der Waals surface area contributed by atoms with Crippen LogP contribution in [0, 0.1) is 0 Å². The number of hydrogen-bond donors (Lipinski definition) is 0. The Balaban J connectivity index is 1.57. The van der Waals surface area contributed by atoms with Gasteiger partial charge in [0.1, 0.15) is 0 Å². The fraction of sp³-hybridized carbons (Fsp3) is 0.478. The molecule has 0 bridgehead atoms. The largest absolute Gasteiger partial charge is 0.372 e. The highest BCUT2D eigenvalue weighted by atomic mass is 15.1. The first-order valence-electron chi connectivity index (χ1n) is 10.0. The van der Waals surface area contributed by atoms with Gasteiger partial charge >= 0.3 is 0 Å². The van der Waals surface area contributed by atoms with Gasteiger partial charge in [0, 0.05) is 37.6 Å². The molecule has 0 spiro atoms. The van der Waals surface area contributed by atoms with Crippen LogP contribution in [0.5, 0.6) is 0 Å². The zero-order valence-electron chi connectivity index (χ0n) is 15.7. The Kier molecular flexibility index (Phi) is 4.70. The van der Waals surface area contributed by atoms with Crippen molar-refractivity contribution in [2.45, 2.75) is 46.0 Å². The lowest BCUT2D eigenvalue weighted by atomic mass is 9.94. The van der Waals surface area contributed by atoms with Gasteiger partial charge in [-0.15, -0.1) is 0 Å². The van der Waals surface area contributed by atoms with Crippen molar-refractivity contribution in [3.8, 4) is 0 Å². The topological polar surface area (TPSA) is 6.48 Å². The van der Waals surface area contributed by atoms with Crippen molar-refractivity contribution in [3.63, 3.8) is 0 Å². The van der Waals surface area contributed by atoms with Crippen LogP contribution in [0.25, 0.3) is 0 Å². The minimum absolute atomic E-state index is 1.05. The van der Waals surface area contributed by atoms with Gasteiger partial charge in [-0.1, -0.05) is 24.3 Å². The molecule has 0 unspecified atom stereocenters. The van der Waals surface area contributed by atoms with Crippen LogP contribution in [-0.2, 0) is 19.3 Å². The number of nitrogens with zero attached hydrogens (tertiary/aromatic N) is 2. The summed E-state index contributed by atoms with van der Waals surface area (Å²) in [6.07, 6.45) is 6.09. The fourth-order valence-corrected chi connectivity index (χ4v) is 4.57. The van der Waals surface area contributed by atoms with Crippen LogP contribution in [-0.4, -0.2) is 26.2 Å². The summed E-state index contributed by atoms with van der Waals surface area (Å²) in [5.74, 6) is 0. The van der Waals surface area contributed by atoms with E-state index in [2.05, 4.69) is 60.0 Å². The molecule has 2 nitrogen and oxygen atoms in total. The number of rotatable bonds is 4. The van der Waals surface area contributed by atoms with Crippen LogP contribution in [0.4, 0.5) is 11.4 Å². The summed E-state index contributed by atoms with van der Waals surface area (Å²) in [6.45, 7) is 9.17. The SMILES string of the molecule is CCN1CCCc2cc(Cc3ccc4c(c3)CCCN4CC)ccc21. The Morgan fingerprint density at radius 2 is 1.20 bits per heavy atom. The molecule has 0 saturated heterocycles. The van der Waals surface area contributed by atoms with E-state index in [9.17, 15) is 0 Å². The average molecular weight is 335 g/mol. The molecule has 2 aliphatic heterocycles. The molecule has 2 aromatic rings. The van der Waals surface area contributed by atoms with E-state index >= 15 is 0 Å². The molecule has 2 heterocycles. The van der Waals surface area contributed by atoms with Crippen molar-refractivity contribution >= 4 is 11.4 Å². The quantitative estimate of drug-likeness (QED) is 0.791. The van der Waals surface area contributed by atoms with Crippen molar-refractivity contribution in [3.05, 3.63) is 58.7 Å². The first kappa shape index (κ1) is 16.5. The zero-order valence-corrected chi connectivity index (χ0v) is 15.7. The predicted molar refractivity (Wildman–Crippen MR) is 108 cm³/mol. The Morgan fingerprint density at radius 1 is 0.720 bits per heavy atom. The Morgan fingerprint density at radius 3 is 1.64 bits per heavy atom. The number of benzene rings is 2. The molecule has 0 amide bonds. The number of hydrogen-bond acceptors (Lipinski definition) is 2. The number of fused-ring (bicyclic) bond motifs is 2.